The monoisotopic (exact) mass is 380 g/mol. The predicted molar refractivity (Wildman–Crippen MR) is 94.9 cm³/mol. The molecule has 1 aromatic heterocycles. The number of anilines is 1. The number of benzene rings is 1. The molecule has 0 saturated carbocycles. The zero-order valence-corrected chi connectivity index (χ0v) is 15.5. The molecular weight excluding hydrogens is 360 g/mol. The highest BCUT2D eigenvalue weighted by atomic mass is 32.2. The second-order valence-corrected chi connectivity index (χ2v) is 7.43. The number of carboxylic acid groups (broad SMARTS) is 1. The van der Waals surface area contributed by atoms with Gasteiger partial charge in [0.25, 0.3) is 5.91 Å². The van der Waals surface area contributed by atoms with Gasteiger partial charge in [-0.15, -0.1) is 0 Å². The summed E-state index contributed by atoms with van der Waals surface area (Å²) >= 11 is 0. The van der Waals surface area contributed by atoms with E-state index in [0.717, 1.165) is 12.3 Å². The van der Waals surface area contributed by atoms with Crippen molar-refractivity contribution >= 4 is 27.6 Å². The first-order valence-electron chi connectivity index (χ1n) is 7.94. The number of aryl methyl sites for hydroxylation is 1. The number of aromatic carboxylic acids is 1. The number of sulfonamides is 1. The summed E-state index contributed by atoms with van der Waals surface area (Å²) < 4.78 is 31.7. The minimum Gasteiger partial charge on any atom is -0.478 e. The van der Waals surface area contributed by atoms with Crippen molar-refractivity contribution in [3.63, 3.8) is 0 Å². The molecule has 0 unspecified atom stereocenters. The fourth-order valence-corrected chi connectivity index (χ4v) is 4.13. The van der Waals surface area contributed by atoms with E-state index in [1.807, 2.05) is 0 Å². The summed E-state index contributed by atoms with van der Waals surface area (Å²) in [5, 5.41) is 11.4. The van der Waals surface area contributed by atoms with E-state index in [-0.39, 0.29) is 21.9 Å². The van der Waals surface area contributed by atoms with Crippen molar-refractivity contribution in [1.82, 2.24) is 4.31 Å². The SMILES string of the molecule is CCN(CC)S(=O)(=O)c1cc(NC(=O)c2cc(C(=O)O)co2)ccc1C. The van der Waals surface area contributed by atoms with Crippen LogP contribution in [-0.2, 0) is 10.0 Å². The minimum atomic E-state index is -3.68. The lowest BCUT2D eigenvalue weighted by molar-refractivity contribution is 0.0696. The Labute approximate surface area is 151 Å². The molecule has 0 aliphatic heterocycles. The average Bonchev–Trinajstić information content (AvgIpc) is 3.07. The summed E-state index contributed by atoms with van der Waals surface area (Å²) in [6.07, 6.45) is 0.961. The molecule has 2 rings (SSSR count). The molecule has 0 atom stereocenters. The fraction of sp³-hybridized carbons (Fsp3) is 0.294. The van der Waals surface area contributed by atoms with Gasteiger partial charge in [-0.25, -0.2) is 13.2 Å². The number of carboxylic acids is 1. The summed E-state index contributed by atoms with van der Waals surface area (Å²) in [5.74, 6) is -2.07. The van der Waals surface area contributed by atoms with Gasteiger partial charge in [0.1, 0.15) is 6.26 Å². The zero-order chi connectivity index (χ0) is 19.5. The molecule has 2 N–H and O–H groups in total. The maximum Gasteiger partial charge on any atom is 0.338 e. The lowest BCUT2D eigenvalue weighted by Crippen LogP contribution is -2.31. The van der Waals surface area contributed by atoms with E-state index in [0.29, 0.717) is 18.7 Å². The summed E-state index contributed by atoms with van der Waals surface area (Å²) in [5.41, 5.74) is 0.671. The molecule has 1 heterocycles. The van der Waals surface area contributed by atoms with Gasteiger partial charge in [0, 0.05) is 24.8 Å². The van der Waals surface area contributed by atoms with Crippen molar-refractivity contribution in [2.24, 2.45) is 0 Å². The van der Waals surface area contributed by atoms with Gasteiger partial charge in [-0.1, -0.05) is 19.9 Å². The maximum absolute atomic E-state index is 12.7. The second-order valence-electron chi connectivity index (χ2n) is 5.53. The normalized spacial score (nSPS) is 11.5. The van der Waals surface area contributed by atoms with Crippen LogP contribution in [0, 0.1) is 6.92 Å². The summed E-state index contributed by atoms with van der Waals surface area (Å²) in [6, 6.07) is 5.63. The van der Waals surface area contributed by atoms with E-state index >= 15 is 0 Å². The van der Waals surface area contributed by atoms with Crippen molar-refractivity contribution in [2.75, 3.05) is 18.4 Å². The third-order valence-corrected chi connectivity index (χ3v) is 6.03. The van der Waals surface area contributed by atoms with Gasteiger partial charge in [0.2, 0.25) is 10.0 Å². The number of hydrogen-bond acceptors (Lipinski definition) is 5. The highest BCUT2D eigenvalue weighted by Gasteiger charge is 2.24. The molecule has 0 bridgehead atoms. The quantitative estimate of drug-likeness (QED) is 0.762. The zero-order valence-electron chi connectivity index (χ0n) is 14.6. The molecule has 0 aliphatic carbocycles. The van der Waals surface area contributed by atoms with Gasteiger partial charge in [0.05, 0.1) is 10.5 Å². The van der Waals surface area contributed by atoms with Crippen LogP contribution in [0.4, 0.5) is 5.69 Å². The van der Waals surface area contributed by atoms with E-state index < -0.39 is 21.9 Å². The third kappa shape index (κ3) is 3.94. The minimum absolute atomic E-state index is 0.102. The second kappa shape index (κ2) is 7.71. The van der Waals surface area contributed by atoms with E-state index in [2.05, 4.69) is 5.32 Å². The lowest BCUT2D eigenvalue weighted by Gasteiger charge is -2.20. The first-order chi connectivity index (χ1) is 12.2. The Balaban J connectivity index is 2.31. The number of hydrogen-bond donors (Lipinski definition) is 2. The van der Waals surface area contributed by atoms with Crippen LogP contribution in [-0.4, -0.2) is 42.8 Å². The molecule has 1 aromatic carbocycles. The van der Waals surface area contributed by atoms with Crippen LogP contribution < -0.4 is 5.32 Å². The number of rotatable bonds is 7. The highest BCUT2D eigenvalue weighted by molar-refractivity contribution is 7.89. The Bertz CT molecular complexity index is 928. The summed E-state index contributed by atoms with van der Waals surface area (Å²) in [4.78, 5) is 23.1. The molecule has 8 nitrogen and oxygen atoms in total. The van der Waals surface area contributed by atoms with Gasteiger partial charge < -0.3 is 14.8 Å². The van der Waals surface area contributed by atoms with Crippen molar-refractivity contribution in [1.29, 1.82) is 0 Å². The van der Waals surface area contributed by atoms with Crippen molar-refractivity contribution in [2.45, 2.75) is 25.7 Å². The number of nitrogens with zero attached hydrogens (tertiary/aromatic N) is 1. The molecule has 0 saturated heterocycles. The smallest absolute Gasteiger partial charge is 0.338 e. The van der Waals surface area contributed by atoms with E-state index in [4.69, 9.17) is 9.52 Å². The van der Waals surface area contributed by atoms with Crippen LogP contribution in [0.15, 0.2) is 39.8 Å². The van der Waals surface area contributed by atoms with Crippen LogP contribution in [0.2, 0.25) is 0 Å². The molecule has 2 aromatic rings. The van der Waals surface area contributed by atoms with Crippen LogP contribution in [0.5, 0.6) is 0 Å². The van der Waals surface area contributed by atoms with E-state index in [1.165, 1.54) is 10.4 Å². The van der Waals surface area contributed by atoms with Crippen molar-refractivity contribution in [3.8, 4) is 0 Å². The van der Waals surface area contributed by atoms with Gasteiger partial charge in [-0.2, -0.15) is 4.31 Å². The first kappa shape index (κ1) is 19.7. The molecule has 0 spiro atoms. The van der Waals surface area contributed by atoms with Gasteiger partial charge in [-0.3, -0.25) is 4.79 Å². The summed E-state index contributed by atoms with van der Waals surface area (Å²) in [7, 11) is -3.68. The molecule has 0 fully saturated rings. The molecule has 0 radical (unpaired) electrons. The number of furan rings is 1. The van der Waals surface area contributed by atoms with E-state index in [1.54, 1.807) is 32.9 Å². The molecular formula is C17H20N2O6S. The van der Waals surface area contributed by atoms with Crippen LogP contribution in [0.1, 0.15) is 40.3 Å². The molecule has 140 valence electrons. The number of nitrogens with one attached hydrogen (secondary N) is 1. The van der Waals surface area contributed by atoms with E-state index in [9.17, 15) is 18.0 Å². The predicted octanol–water partition coefficient (Wildman–Crippen LogP) is 2.57. The Morgan fingerprint density at radius 2 is 1.85 bits per heavy atom. The fourth-order valence-electron chi connectivity index (χ4n) is 2.42. The Morgan fingerprint density at radius 3 is 2.38 bits per heavy atom. The van der Waals surface area contributed by atoms with Crippen LogP contribution in [0.3, 0.4) is 0 Å². The topological polar surface area (TPSA) is 117 Å². The molecule has 26 heavy (non-hydrogen) atoms. The summed E-state index contributed by atoms with van der Waals surface area (Å²) in [6.45, 7) is 5.84. The van der Waals surface area contributed by atoms with Gasteiger partial charge in [0.15, 0.2) is 5.76 Å². The maximum atomic E-state index is 12.7. The third-order valence-electron chi connectivity index (χ3n) is 3.84. The van der Waals surface area contributed by atoms with Gasteiger partial charge >= 0.3 is 5.97 Å². The van der Waals surface area contributed by atoms with Gasteiger partial charge in [-0.05, 0) is 24.6 Å². The molecule has 9 heteroatoms. The largest absolute Gasteiger partial charge is 0.478 e. The number of carbonyl (C=O) groups excluding carboxylic acids is 1. The number of carbonyl (C=O) groups is 2. The molecule has 1 amide bonds. The van der Waals surface area contributed by atoms with Crippen molar-refractivity contribution in [3.05, 3.63) is 47.4 Å². The Kier molecular flexibility index (Phi) is 5.83. The standard InChI is InChI=1S/C17H20N2O6S/c1-4-19(5-2)26(23,24)15-9-13(7-6-11(15)3)18-16(20)14-8-12(10-25-14)17(21)22/h6-10H,4-5H2,1-3H3,(H,18,20)(H,21,22). The average molecular weight is 380 g/mol. The van der Waals surface area contributed by atoms with Crippen molar-refractivity contribution < 1.29 is 27.5 Å². The highest BCUT2D eigenvalue weighted by Crippen LogP contribution is 2.24. The van der Waals surface area contributed by atoms with Crippen LogP contribution >= 0.6 is 0 Å². The first-order valence-corrected chi connectivity index (χ1v) is 9.38. The van der Waals surface area contributed by atoms with Crippen LogP contribution in [0.25, 0.3) is 0 Å². The number of amides is 1. The lowest BCUT2D eigenvalue weighted by atomic mass is 10.2. The Hall–Kier alpha value is -2.65. The molecule has 0 aliphatic rings. The Morgan fingerprint density at radius 1 is 1.19 bits per heavy atom.